The van der Waals surface area contributed by atoms with Crippen LogP contribution in [-0.2, 0) is 30.8 Å². The van der Waals surface area contributed by atoms with E-state index >= 15 is 4.39 Å². The van der Waals surface area contributed by atoms with E-state index in [0.29, 0.717) is 12.1 Å². The zero-order chi connectivity index (χ0) is 29.2. The van der Waals surface area contributed by atoms with Crippen molar-refractivity contribution in [3.8, 4) is 11.1 Å². The number of sulfonamides is 1. The smallest absolute Gasteiger partial charge is 0.347 e. The summed E-state index contributed by atoms with van der Waals surface area (Å²) >= 11 is 6.20. The summed E-state index contributed by atoms with van der Waals surface area (Å²) in [6, 6.07) is 7.28. The highest BCUT2D eigenvalue weighted by atomic mass is 35.5. The van der Waals surface area contributed by atoms with Gasteiger partial charge in [0.25, 0.3) is 5.91 Å². The van der Waals surface area contributed by atoms with Gasteiger partial charge in [-0.05, 0) is 44.0 Å². The third kappa shape index (κ3) is 7.59. The number of alkyl halides is 4. The molecule has 2 aromatic rings. The number of nitrogens with one attached hydrogen (secondary N) is 1. The Labute approximate surface area is 229 Å². The van der Waals surface area contributed by atoms with Crippen LogP contribution in [0.25, 0.3) is 11.1 Å². The molecule has 1 aliphatic heterocycles. The highest BCUT2D eigenvalue weighted by Gasteiger charge is 2.43. The Balaban J connectivity index is 1.91. The number of nitrogens with zero attached hydrogens (tertiary/aromatic N) is 1. The van der Waals surface area contributed by atoms with E-state index in [1.807, 2.05) is 0 Å². The number of carbonyl (C=O) groups excluding carboxylic acids is 1. The number of carbonyl (C=O) groups is 1. The monoisotopic (exact) mass is 610 g/mol. The molecule has 1 N–H and O–H groups in total. The molecule has 2 aromatic carbocycles. The van der Waals surface area contributed by atoms with Crippen LogP contribution in [0.15, 0.2) is 58.8 Å². The summed E-state index contributed by atoms with van der Waals surface area (Å²) in [5.41, 5.74) is -3.68. The molecule has 0 radical (unpaired) electrons. The normalized spacial score (nSPS) is 20.5. The van der Waals surface area contributed by atoms with Gasteiger partial charge in [0, 0.05) is 53.4 Å². The average molecular weight is 611 g/mol. The molecular formula is C25H27ClF4N2O5S2. The zero-order valence-corrected chi connectivity index (χ0v) is 23.4. The molecule has 39 heavy (non-hydrogen) atoms. The van der Waals surface area contributed by atoms with E-state index in [2.05, 4.69) is 5.32 Å². The predicted octanol–water partition coefficient (Wildman–Crippen LogP) is 4.97. The van der Waals surface area contributed by atoms with Crippen molar-refractivity contribution in [1.82, 2.24) is 9.62 Å². The Morgan fingerprint density at radius 2 is 1.74 bits per heavy atom. The minimum absolute atomic E-state index is 0.0429. The number of amides is 1. The van der Waals surface area contributed by atoms with Gasteiger partial charge in [0.2, 0.25) is 10.0 Å². The second kappa shape index (κ2) is 11.6. The molecule has 0 saturated carbocycles. The van der Waals surface area contributed by atoms with Gasteiger partial charge in [-0.15, -0.1) is 0 Å². The molecule has 0 aliphatic carbocycles. The van der Waals surface area contributed by atoms with Gasteiger partial charge in [0.05, 0.1) is 10.5 Å². The van der Waals surface area contributed by atoms with Gasteiger partial charge in [-0.1, -0.05) is 35.9 Å². The number of rotatable bonds is 7. The molecule has 1 amide bonds. The van der Waals surface area contributed by atoms with E-state index in [1.54, 1.807) is 6.07 Å². The van der Waals surface area contributed by atoms with Crippen molar-refractivity contribution < 1.29 is 39.2 Å². The summed E-state index contributed by atoms with van der Waals surface area (Å²) in [5, 5.41) is 3.30. The van der Waals surface area contributed by atoms with Gasteiger partial charge in [-0.2, -0.15) is 17.5 Å². The molecule has 14 heteroatoms. The lowest BCUT2D eigenvalue weighted by atomic mass is 9.95. The minimum atomic E-state index is -4.74. The van der Waals surface area contributed by atoms with Crippen LogP contribution in [0, 0.1) is 0 Å². The fourth-order valence-corrected chi connectivity index (χ4v) is 6.57. The van der Waals surface area contributed by atoms with Crippen LogP contribution >= 0.6 is 11.6 Å². The molecule has 1 aliphatic rings. The number of halogens is 5. The van der Waals surface area contributed by atoms with Crippen LogP contribution in [0.4, 0.5) is 17.6 Å². The molecule has 3 rings (SSSR count). The average Bonchev–Trinajstić information content (AvgIpc) is 3.05. The Hall–Kier alpha value is -2.48. The Morgan fingerprint density at radius 3 is 2.36 bits per heavy atom. The number of sulfone groups is 1. The Kier molecular flexibility index (Phi) is 9.20. The molecule has 0 spiro atoms. The maximum atomic E-state index is 15.7. The van der Waals surface area contributed by atoms with E-state index in [-0.39, 0.29) is 35.5 Å². The fraction of sp³-hybridized carbons (Fsp3) is 0.400. The summed E-state index contributed by atoms with van der Waals surface area (Å²) in [4.78, 5) is 12.3. The van der Waals surface area contributed by atoms with Crippen molar-refractivity contribution in [2.75, 3.05) is 19.3 Å². The van der Waals surface area contributed by atoms with Crippen LogP contribution in [0.5, 0.6) is 0 Å². The van der Waals surface area contributed by atoms with E-state index in [0.717, 1.165) is 22.0 Å². The van der Waals surface area contributed by atoms with Gasteiger partial charge in [-0.3, -0.25) is 4.79 Å². The highest BCUT2D eigenvalue weighted by Crippen LogP contribution is 2.39. The lowest BCUT2D eigenvalue weighted by molar-refractivity contribution is -0.137. The molecule has 1 fully saturated rings. The van der Waals surface area contributed by atoms with E-state index < -0.39 is 67.1 Å². The highest BCUT2D eigenvalue weighted by molar-refractivity contribution is 7.93. The predicted molar refractivity (Wildman–Crippen MR) is 140 cm³/mol. The summed E-state index contributed by atoms with van der Waals surface area (Å²) in [6.07, 6.45) is -3.46. The molecule has 0 aromatic heterocycles. The standard InChI is InChI=1S/C25H27ClF4N2O5S2/c1-17(10-15-38(2,34)35)31-23(33)24(27)11-5-13-32(14-12-24)39(36,37)22-9-8-18(25(28,29)30)16-20(22)19-6-3-4-7-21(19)26/h3-4,6-10,15-17H,5,11-14H2,1-2H3,(H,31,33)/b15-10-/t17-,24+/m1/s1. The van der Waals surface area contributed by atoms with Gasteiger partial charge in [-0.25, -0.2) is 21.2 Å². The van der Waals surface area contributed by atoms with Crippen LogP contribution in [0.1, 0.15) is 31.7 Å². The second-order valence-electron chi connectivity index (χ2n) is 9.33. The van der Waals surface area contributed by atoms with E-state index in [1.165, 1.54) is 31.2 Å². The molecule has 2 atom stereocenters. The van der Waals surface area contributed by atoms with Crippen LogP contribution in [-0.4, -0.2) is 58.1 Å². The Bertz CT molecular complexity index is 1480. The zero-order valence-electron chi connectivity index (χ0n) is 21.0. The van der Waals surface area contributed by atoms with Crippen LogP contribution in [0.2, 0.25) is 5.02 Å². The molecule has 214 valence electrons. The first kappa shape index (κ1) is 31.1. The lowest BCUT2D eigenvalue weighted by Gasteiger charge is -2.25. The minimum Gasteiger partial charge on any atom is -0.347 e. The molecule has 1 saturated heterocycles. The Morgan fingerprint density at radius 1 is 1.08 bits per heavy atom. The van der Waals surface area contributed by atoms with Crippen LogP contribution < -0.4 is 5.32 Å². The van der Waals surface area contributed by atoms with Crippen molar-refractivity contribution in [2.45, 2.75) is 49.0 Å². The van der Waals surface area contributed by atoms with Crippen molar-refractivity contribution in [1.29, 1.82) is 0 Å². The summed E-state index contributed by atoms with van der Waals surface area (Å²) < 4.78 is 107. The largest absolute Gasteiger partial charge is 0.416 e. The third-order valence-corrected chi connectivity index (χ3v) is 9.14. The first-order chi connectivity index (χ1) is 17.9. The number of hydrogen-bond donors (Lipinski definition) is 1. The SMILES string of the molecule is C[C@H](/C=C\S(C)(=O)=O)NC(=O)[C@]1(F)CCCN(S(=O)(=O)c2ccc(C(F)(F)F)cc2-c2ccccc2Cl)CC1. The van der Waals surface area contributed by atoms with E-state index in [4.69, 9.17) is 11.6 Å². The van der Waals surface area contributed by atoms with Crippen molar-refractivity contribution >= 4 is 37.4 Å². The first-order valence-corrected chi connectivity index (χ1v) is 15.6. The molecule has 0 unspecified atom stereocenters. The summed E-state index contributed by atoms with van der Waals surface area (Å²) in [5.74, 6) is -1.02. The fourth-order valence-electron chi connectivity index (χ4n) is 4.15. The topological polar surface area (TPSA) is 101 Å². The number of benzene rings is 2. The first-order valence-electron chi connectivity index (χ1n) is 11.8. The van der Waals surface area contributed by atoms with Crippen molar-refractivity contribution in [3.63, 3.8) is 0 Å². The second-order valence-corrected chi connectivity index (χ2v) is 13.6. The van der Waals surface area contributed by atoms with Gasteiger partial charge < -0.3 is 5.32 Å². The maximum Gasteiger partial charge on any atom is 0.416 e. The van der Waals surface area contributed by atoms with Crippen molar-refractivity contribution in [2.24, 2.45) is 0 Å². The molecule has 0 bridgehead atoms. The van der Waals surface area contributed by atoms with E-state index in [9.17, 15) is 34.8 Å². The summed E-state index contributed by atoms with van der Waals surface area (Å²) in [6.45, 7) is 0.869. The maximum absolute atomic E-state index is 15.7. The van der Waals surface area contributed by atoms with Gasteiger partial charge in [0.15, 0.2) is 15.5 Å². The molecular weight excluding hydrogens is 584 g/mol. The third-order valence-electron chi connectivity index (χ3n) is 6.21. The quantitative estimate of drug-likeness (QED) is 0.446. The number of hydrogen-bond acceptors (Lipinski definition) is 5. The molecule has 7 nitrogen and oxygen atoms in total. The molecule has 1 heterocycles. The van der Waals surface area contributed by atoms with Crippen LogP contribution in [0.3, 0.4) is 0 Å². The van der Waals surface area contributed by atoms with Gasteiger partial charge in [0.1, 0.15) is 0 Å². The van der Waals surface area contributed by atoms with Crippen molar-refractivity contribution in [3.05, 3.63) is 64.5 Å². The lowest BCUT2D eigenvalue weighted by Crippen LogP contribution is -2.47. The summed E-state index contributed by atoms with van der Waals surface area (Å²) in [7, 11) is -7.89. The van der Waals surface area contributed by atoms with Gasteiger partial charge >= 0.3 is 6.18 Å².